The summed E-state index contributed by atoms with van der Waals surface area (Å²) in [6, 6.07) is 3.67. The number of carbonyl (C=O) groups is 1. The third kappa shape index (κ3) is 2.09. The lowest BCUT2D eigenvalue weighted by Crippen LogP contribution is -2.08. The van der Waals surface area contributed by atoms with Gasteiger partial charge in [-0.2, -0.15) is 0 Å². The predicted octanol–water partition coefficient (Wildman–Crippen LogP) is 2.33. The van der Waals surface area contributed by atoms with Crippen LogP contribution in [-0.2, 0) is 0 Å². The lowest BCUT2D eigenvalue weighted by atomic mass is 10.0. The number of hydrogen-bond donors (Lipinski definition) is 0. The molecule has 0 amide bonds. The third-order valence-electron chi connectivity index (χ3n) is 2.92. The van der Waals surface area contributed by atoms with Crippen molar-refractivity contribution in [2.75, 3.05) is 7.11 Å². The summed E-state index contributed by atoms with van der Waals surface area (Å²) in [7, 11) is 1.56. The van der Waals surface area contributed by atoms with Gasteiger partial charge < -0.3 is 4.74 Å². The van der Waals surface area contributed by atoms with E-state index < -0.39 is 0 Å². The van der Waals surface area contributed by atoms with Gasteiger partial charge in [0.2, 0.25) is 5.78 Å². The molecule has 2 rings (SSSR count). The number of nitrogens with zero attached hydrogens (tertiary/aromatic N) is 2. The van der Waals surface area contributed by atoms with Gasteiger partial charge >= 0.3 is 0 Å². The van der Waals surface area contributed by atoms with E-state index in [1.54, 1.807) is 13.2 Å². The Kier molecular flexibility index (Phi) is 3.37. The fourth-order valence-corrected chi connectivity index (χ4v) is 1.79. The minimum absolute atomic E-state index is 0.178. The zero-order valence-electron chi connectivity index (χ0n) is 10.6. The Balaban J connectivity index is 2.52. The van der Waals surface area contributed by atoms with E-state index in [1.807, 2.05) is 19.9 Å². The highest BCUT2D eigenvalue weighted by atomic mass is 16.5. The zero-order chi connectivity index (χ0) is 13.1. The molecule has 0 spiro atoms. The molecule has 0 N–H and O–H groups in total. The first-order valence-corrected chi connectivity index (χ1v) is 5.60. The molecule has 0 aliphatic rings. The van der Waals surface area contributed by atoms with Crippen LogP contribution in [0.5, 0.6) is 5.75 Å². The Hall–Kier alpha value is -2.23. The van der Waals surface area contributed by atoms with Crippen LogP contribution in [0.4, 0.5) is 0 Å². The predicted molar refractivity (Wildman–Crippen MR) is 67.9 cm³/mol. The first kappa shape index (κ1) is 12.2. The van der Waals surface area contributed by atoms with Crippen molar-refractivity contribution in [3.05, 3.63) is 53.1 Å². The van der Waals surface area contributed by atoms with Crippen LogP contribution >= 0.6 is 0 Å². The van der Waals surface area contributed by atoms with Crippen molar-refractivity contribution in [2.45, 2.75) is 13.8 Å². The fraction of sp³-hybridized carbons (Fsp3) is 0.214. The average Bonchev–Trinajstić information content (AvgIpc) is 2.42. The summed E-state index contributed by atoms with van der Waals surface area (Å²) in [5.41, 5.74) is 2.88. The van der Waals surface area contributed by atoms with E-state index >= 15 is 0 Å². The maximum absolute atomic E-state index is 12.3. The van der Waals surface area contributed by atoms with E-state index in [1.165, 1.54) is 18.6 Å². The number of ether oxygens (including phenoxy) is 1. The van der Waals surface area contributed by atoms with E-state index in [0.29, 0.717) is 17.0 Å². The largest absolute Gasteiger partial charge is 0.496 e. The highest BCUT2D eigenvalue weighted by Crippen LogP contribution is 2.27. The van der Waals surface area contributed by atoms with Crippen LogP contribution in [0.3, 0.4) is 0 Å². The highest BCUT2D eigenvalue weighted by Gasteiger charge is 2.18. The van der Waals surface area contributed by atoms with Gasteiger partial charge in [-0.15, -0.1) is 0 Å². The summed E-state index contributed by atoms with van der Waals surface area (Å²) in [5, 5.41) is 0. The molecule has 1 aromatic heterocycles. The zero-order valence-corrected chi connectivity index (χ0v) is 10.6. The van der Waals surface area contributed by atoms with Gasteiger partial charge in [-0.05, 0) is 31.0 Å². The molecular weight excluding hydrogens is 228 g/mol. The van der Waals surface area contributed by atoms with Crippen molar-refractivity contribution < 1.29 is 9.53 Å². The highest BCUT2D eigenvalue weighted by molar-refractivity contribution is 6.09. The molecule has 0 fully saturated rings. The van der Waals surface area contributed by atoms with Crippen LogP contribution in [0, 0.1) is 13.8 Å². The first-order chi connectivity index (χ1) is 8.65. The Morgan fingerprint density at radius 2 is 2.00 bits per heavy atom. The molecular formula is C14H14N2O2. The van der Waals surface area contributed by atoms with Crippen molar-refractivity contribution in [3.8, 4) is 5.75 Å². The molecule has 0 bridgehead atoms. The summed E-state index contributed by atoms with van der Waals surface area (Å²) in [6.45, 7) is 3.91. The van der Waals surface area contributed by atoms with Gasteiger partial charge in [0, 0.05) is 12.4 Å². The SMILES string of the molecule is COc1c(C(=O)c2cnccn2)ccc(C)c1C. The van der Waals surface area contributed by atoms with E-state index in [4.69, 9.17) is 4.74 Å². The summed E-state index contributed by atoms with van der Waals surface area (Å²) < 4.78 is 5.33. The quantitative estimate of drug-likeness (QED) is 0.775. The van der Waals surface area contributed by atoms with Gasteiger partial charge in [-0.1, -0.05) is 6.07 Å². The molecule has 18 heavy (non-hydrogen) atoms. The van der Waals surface area contributed by atoms with Crippen LogP contribution in [-0.4, -0.2) is 22.9 Å². The lowest BCUT2D eigenvalue weighted by Gasteiger charge is -2.12. The van der Waals surface area contributed by atoms with Crippen LogP contribution in [0.1, 0.15) is 27.2 Å². The molecule has 0 saturated carbocycles. The lowest BCUT2D eigenvalue weighted by molar-refractivity contribution is 0.103. The minimum atomic E-state index is -0.178. The summed E-state index contributed by atoms with van der Waals surface area (Å²) in [4.78, 5) is 20.2. The fourth-order valence-electron chi connectivity index (χ4n) is 1.79. The molecule has 92 valence electrons. The van der Waals surface area contributed by atoms with Gasteiger partial charge in [0.15, 0.2) is 0 Å². The number of aromatic nitrogens is 2. The van der Waals surface area contributed by atoms with Crippen molar-refractivity contribution in [1.29, 1.82) is 0 Å². The van der Waals surface area contributed by atoms with Crippen LogP contribution < -0.4 is 4.74 Å². The van der Waals surface area contributed by atoms with Crippen molar-refractivity contribution in [2.24, 2.45) is 0 Å². The van der Waals surface area contributed by atoms with Gasteiger partial charge in [0.05, 0.1) is 18.9 Å². The number of hydrogen-bond acceptors (Lipinski definition) is 4. The number of methoxy groups -OCH3 is 1. The molecule has 0 saturated heterocycles. The number of rotatable bonds is 3. The number of aryl methyl sites for hydroxylation is 1. The number of carbonyl (C=O) groups excluding carboxylic acids is 1. The average molecular weight is 242 g/mol. The van der Waals surface area contributed by atoms with E-state index in [-0.39, 0.29) is 5.78 Å². The van der Waals surface area contributed by atoms with Gasteiger partial charge in [0.25, 0.3) is 0 Å². The van der Waals surface area contributed by atoms with Gasteiger partial charge in [-0.3, -0.25) is 9.78 Å². The maximum Gasteiger partial charge on any atom is 0.216 e. The van der Waals surface area contributed by atoms with E-state index in [2.05, 4.69) is 9.97 Å². The normalized spacial score (nSPS) is 10.2. The molecule has 0 radical (unpaired) electrons. The molecule has 0 unspecified atom stereocenters. The molecule has 0 aliphatic carbocycles. The molecule has 1 aromatic carbocycles. The molecule has 0 atom stereocenters. The maximum atomic E-state index is 12.3. The van der Waals surface area contributed by atoms with Crippen molar-refractivity contribution in [1.82, 2.24) is 9.97 Å². The second kappa shape index (κ2) is 4.96. The van der Waals surface area contributed by atoms with Gasteiger partial charge in [-0.25, -0.2) is 4.98 Å². The molecule has 2 aromatic rings. The Morgan fingerprint density at radius 1 is 1.22 bits per heavy atom. The summed E-state index contributed by atoms with van der Waals surface area (Å²) in [5.74, 6) is 0.425. The second-order valence-electron chi connectivity index (χ2n) is 4.01. The molecule has 4 nitrogen and oxygen atoms in total. The van der Waals surface area contributed by atoms with Crippen LogP contribution in [0.25, 0.3) is 0 Å². The Labute approximate surface area is 106 Å². The van der Waals surface area contributed by atoms with E-state index in [0.717, 1.165) is 11.1 Å². The molecule has 0 aliphatic heterocycles. The topological polar surface area (TPSA) is 52.1 Å². The standard InChI is InChI=1S/C14H14N2O2/c1-9-4-5-11(14(18-3)10(9)2)13(17)12-8-15-6-7-16-12/h4-8H,1-3H3. The molecule has 1 heterocycles. The summed E-state index contributed by atoms with van der Waals surface area (Å²) in [6.07, 6.45) is 4.49. The number of ketones is 1. The van der Waals surface area contributed by atoms with Crippen molar-refractivity contribution in [3.63, 3.8) is 0 Å². The smallest absolute Gasteiger partial charge is 0.216 e. The third-order valence-corrected chi connectivity index (χ3v) is 2.92. The second-order valence-corrected chi connectivity index (χ2v) is 4.01. The number of benzene rings is 1. The monoisotopic (exact) mass is 242 g/mol. The van der Waals surface area contributed by atoms with E-state index in [9.17, 15) is 4.79 Å². The van der Waals surface area contributed by atoms with Crippen molar-refractivity contribution >= 4 is 5.78 Å². The molecule has 4 heteroatoms. The van der Waals surface area contributed by atoms with Crippen LogP contribution in [0.15, 0.2) is 30.7 Å². The summed E-state index contributed by atoms with van der Waals surface area (Å²) >= 11 is 0. The first-order valence-electron chi connectivity index (χ1n) is 5.60. The minimum Gasteiger partial charge on any atom is -0.496 e. The Morgan fingerprint density at radius 3 is 2.61 bits per heavy atom. The van der Waals surface area contributed by atoms with Gasteiger partial charge in [0.1, 0.15) is 11.4 Å². The Bertz CT molecular complexity index is 580. The van der Waals surface area contributed by atoms with Crippen LogP contribution in [0.2, 0.25) is 0 Å².